The SMILES string of the molecule is COc1ccc(-c2nc(CNC(=O)[C@@H](N)Cc3cnc[nH]3)c(C)o2)cc1O.Cl.Cl. The number of phenolic OH excluding ortho intramolecular Hbond substituents is 1. The van der Waals surface area contributed by atoms with Crippen molar-refractivity contribution in [1.82, 2.24) is 20.3 Å². The van der Waals surface area contributed by atoms with Crippen LogP contribution in [0, 0.1) is 6.92 Å². The zero-order chi connectivity index (χ0) is 19.4. The molecule has 5 N–H and O–H groups in total. The molecule has 0 aliphatic rings. The van der Waals surface area contributed by atoms with Crippen LogP contribution < -0.4 is 15.8 Å². The number of aromatic nitrogens is 3. The normalized spacial score (nSPS) is 11.1. The molecule has 3 aromatic rings. The van der Waals surface area contributed by atoms with Gasteiger partial charge in [0, 0.05) is 23.9 Å². The largest absolute Gasteiger partial charge is 0.504 e. The molecule has 0 saturated carbocycles. The third kappa shape index (κ3) is 5.86. The van der Waals surface area contributed by atoms with Gasteiger partial charge in [-0.3, -0.25) is 4.79 Å². The number of halogens is 2. The van der Waals surface area contributed by atoms with Gasteiger partial charge in [-0.15, -0.1) is 24.8 Å². The molecule has 0 bridgehead atoms. The molecule has 1 atom stereocenters. The van der Waals surface area contributed by atoms with Crippen LogP contribution in [0.25, 0.3) is 11.5 Å². The molecular formula is C18H23Cl2N5O4. The second kappa shape index (κ2) is 10.7. The van der Waals surface area contributed by atoms with Gasteiger partial charge in [-0.05, 0) is 25.1 Å². The standard InChI is InChI=1S/C18H21N5O4.2ClH/c1-10-14(8-21-17(25)13(19)6-12-7-20-9-22-12)23-18(27-10)11-3-4-16(26-2)15(24)5-11;;/h3-5,7,9,13,24H,6,8,19H2,1-2H3,(H,20,22)(H,21,25);2*1H/t13-;;/m0../s1. The van der Waals surface area contributed by atoms with Gasteiger partial charge in [-0.2, -0.15) is 0 Å². The van der Waals surface area contributed by atoms with E-state index in [1.54, 1.807) is 25.3 Å². The predicted octanol–water partition coefficient (Wildman–Crippen LogP) is 2.12. The number of hydrogen-bond acceptors (Lipinski definition) is 7. The third-order valence-electron chi connectivity index (χ3n) is 4.08. The maximum absolute atomic E-state index is 12.2. The molecule has 0 fully saturated rings. The van der Waals surface area contributed by atoms with Crippen LogP contribution in [0.5, 0.6) is 11.5 Å². The molecular weight excluding hydrogens is 421 g/mol. The topological polar surface area (TPSA) is 139 Å². The number of hydrogen-bond donors (Lipinski definition) is 4. The fourth-order valence-corrected chi connectivity index (χ4v) is 2.57. The first-order valence-electron chi connectivity index (χ1n) is 8.32. The molecule has 29 heavy (non-hydrogen) atoms. The highest BCUT2D eigenvalue weighted by atomic mass is 35.5. The van der Waals surface area contributed by atoms with E-state index in [0.717, 1.165) is 5.69 Å². The second-order valence-electron chi connectivity index (χ2n) is 6.01. The Morgan fingerprint density at radius 2 is 2.17 bits per heavy atom. The maximum atomic E-state index is 12.2. The summed E-state index contributed by atoms with van der Waals surface area (Å²) >= 11 is 0. The van der Waals surface area contributed by atoms with Crippen LogP contribution in [0.2, 0.25) is 0 Å². The number of nitrogens with zero attached hydrogens (tertiary/aromatic N) is 2. The van der Waals surface area contributed by atoms with Gasteiger partial charge in [-0.1, -0.05) is 0 Å². The molecule has 158 valence electrons. The van der Waals surface area contributed by atoms with E-state index in [9.17, 15) is 9.90 Å². The number of rotatable bonds is 7. The molecule has 1 amide bonds. The first-order chi connectivity index (χ1) is 13.0. The summed E-state index contributed by atoms with van der Waals surface area (Å²) in [6, 6.07) is 4.16. The number of aryl methyl sites for hydroxylation is 1. The monoisotopic (exact) mass is 443 g/mol. The van der Waals surface area contributed by atoms with Crippen LogP contribution in [-0.2, 0) is 17.8 Å². The zero-order valence-corrected chi connectivity index (χ0v) is 17.5. The minimum atomic E-state index is -0.698. The van der Waals surface area contributed by atoms with Crippen molar-refractivity contribution in [2.45, 2.75) is 25.9 Å². The Bertz CT molecular complexity index is 930. The fourth-order valence-electron chi connectivity index (χ4n) is 2.57. The molecule has 9 nitrogen and oxygen atoms in total. The van der Waals surface area contributed by atoms with Crippen molar-refractivity contribution in [2.24, 2.45) is 5.73 Å². The van der Waals surface area contributed by atoms with Crippen LogP contribution in [0.4, 0.5) is 0 Å². The number of nitrogens with one attached hydrogen (secondary N) is 2. The van der Waals surface area contributed by atoms with E-state index in [1.807, 2.05) is 0 Å². The van der Waals surface area contributed by atoms with Gasteiger partial charge in [0.1, 0.15) is 11.5 Å². The highest BCUT2D eigenvalue weighted by Gasteiger charge is 2.17. The Balaban J connectivity index is 0.00000210. The molecule has 2 aromatic heterocycles. The molecule has 0 radical (unpaired) electrons. The number of phenols is 1. The molecule has 3 rings (SSSR count). The van der Waals surface area contributed by atoms with Crippen LogP contribution in [0.15, 0.2) is 35.1 Å². The van der Waals surface area contributed by atoms with E-state index >= 15 is 0 Å². The highest BCUT2D eigenvalue weighted by Crippen LogP contribution is 2.31. The van der Waals surface area contributed by atoms with Crippen LogP contribution in [0.1, 0.15) is 17.1 Å². The fraction of sp³-hybridized carbons (Fsp3) is 0.278. The maximum Gasteiger partial charge on any atom is 0.237 e. The molecule has 0 aliphatic carbocycles. The van der Waals surface area contributed by atoms with Crippen molar-refractivity contribution in [2.75, 3.05) is 7.11 Å². The summed E-state index contributed by atoms with van der Waals surface area (Å²) in [6.07, 6.45) is 3.53. The second-order valence-corrected chi connectivity index (χ2v) is 6.01. The Morgan fingerprint density at radius 1 is 1.41 bits per heavy atom. The summed E-state index contributed by atoms with van der Waals surface area (Å²) < 4.78 is 10.7. The summed E-state index contributed by atoms with van der Waals surface area (Å²) in [7, 11) is 1.47. The summed E-state index contributed by atoms with van der Waals surface area (Å²) in [5, 5.41) is 12.7. The lowest BCUT2D eigenvalue weighted by Crippen LogP contribution is -2.41. The Kier molecular flexibility index (Phi) is 8.96. The number of nitrogens with two attached hydrogens (primary N) is 1. The molecule has 0 unspecified atom stereocenters. The van der Waals surface area contributed by atoms with E-state index in [4.69, 9.17) is 14.9 Å². The summed E-state index contributed by atoms with van der Waals surface area (Å²) in [6.45, 7) is 1.94. The van der Waals surface area contributed by atoms with Crippen LogP contribution in [0.3, 0.4) is 0 Å². The van der Waals surface area contributed by atoms with E-state index in [2.05, 4.69) is 20.3 Å². The van der Waals surface area contributed by atoms with Gasteiger partial charge in [-0.25, -0.2) is 9.97 Å². The first-order valence-corrected chi connectivity index (χ1v) is 8.32. The average Bonchev–Trinajstić information content (AvgIpc) is 3.29. The van der Waals surface area contributed by atoms with E-state index in [-0.39, 0.29) is 43.0 Å². The highest BCUT2D eigenvalue weighted by molar-refractivity contribution is 5.85. The van der Waals surface area contributed by atoms with Crippen LogP contribution >= 0.6 is 24.8 Å². The van der Waals surface area contributed by atoms with Crippen molar-refractivity contribution in [1.29, 1.82) is 0 Å². The van der Waals surface area contributed by atoms with Gasteiger partial charge >= 0.3 is 0 Å². The number of oxazole rings is 1. The number of amides is 1. The van der Waals surface area contributed by atoms with E-state index in [1.165, 1.54) is 19.5 Å². The zero-order valence-electron chi connectivity index (χ0n) is 15.8. The lowest BCUT2D eigenvalue weighted by Gasteiger charge is -2.10. The molecule has 0 aliphatic heterocycles. The molecule has 1 aromatic carbocycles. The van der Waals surface area contributed by atoms with Gasteiger partial charge in [0.15, 0.2) is 11.5 Å². The lowest BCUT2D eigenvalue weighted by molar-refractivity contribution is -0.122. The first kappa shape index (κ1) is 24.3. The number of carbonyl (C=O) groups excluding carboxylic acids is 1. The number of methoxy groups -OCH3 is 1. The molecule has 0 spiro atoms. The number of carbonyl (C=O) groups is 1. The van der Waals surface area contributed by atoms with E-state index < -0.39 is 6.04 Å². The van der Waals surface area contributed by atoms with Crippen molar-refractivity contribution in [3.63, 3.8) is 0 Å². The summed E-state index contributed by atoms with van der Waals surface area (Å²) in [5.74, 6) is 0.973. The number of imidazole rings is 1. The van der Waals surface area contributed by atoms with Crippen LogP contribution in [-0.4, -0.2) is 39.1 Å². The smallest absolute Gasteiger partial charge is 0.237 e. The Labute approximate surface area is 179 Å². The molecule has 0 saturated heterocycles. The number of benzene rings is 1. The van der Waals surface area contributed by atoms with Gasteiger partial charge in [0.05, 0.1) is 26.0 Å². The number of ether oxygens (including phenoxy) is 1. The molecule has 2 heterocycles. The van der Waals surface area contributed by atoms with Gasteiger partial charge in [0.2, 0.25) is 11.8 Å². The number of aromatic hydroxyl groups is 1. The Hall–Kier alpha value is -2.75. The van der Waals surface area contributed by atoms with E-state index in [0.29, 0.717) is 35.1 Å². The Morgan fingerprint density at radius 3 is 2.79 bits per heavy atom. The van der Waals surface area contributed by atoms with Crippen molar-refractivity contribution < 1.29 is 19.1 Å². The van der Waals surface area contributed by atoms with Gasteiger partial charge in [0.25, 0.3) is 0 Å². The summed E-state index contributed by atoms with van der Waals surface area (Å²) in [5.41, 5.74) is 7.88. The third-order valence-corrected chi connectivity index (χ3v) is 4.08. The van der Waals surface area contributed by atoms with Crippen molar-refractivity contribution >= 4 is 30.7 Å². The number of H-pyrrole nitrogens is 1. The summed E-state index contributed by atoms with van der Waals surface area (Å²) in [4.78, 5) is 23.4. The lowest BCUT2D eigenvalue weighted by atomic mass is 10.1. The van der Waals surface area contributed by atoms with Crippen molar-refractivity contribution in [3.05, 3.63) is 47.9 Å². The predicted molar refractivity (Wildman–Crippen MR) is 112 cm³/mol. The minimum Gasteiger partial charge on any atom is -0.504 e. The minimum absolute atomic E-state index is 0. The quantitative estimate of drug-likeness (QED) is 0.438. The van der Waals surface area contributed by atoms with Gasteiger partial charge < -0.3 is 30.3 Å². The average molecular weight is 444 g/mol. The molecule has 11 heteroatoms. The number of aromatic amines is 1. The van der Waals surface area contributed by atoms with Crippen molar-refractivity contribution in [3.8, 4) is 23.0 Å².